The Morgan fingerprint density at radius 3 is 2.74 bits per heavy atom. The molecule has 1 aromatic heterocycles. The number of aromatic nitrogens is 1. The van der Waals surface area contributed by atoms with Gasteiger partial charge < -0.3 is 10.1 Å². The predicted octanol–water partition coefficient (Wildman–Crippen LogP) is 2.73. The van der Waals surface area contributed by atoms with Crippen molar-refractivity contribution in [2.45, 2.75) is 33.1 Å². The lowest BCUT2D eigenvalue weighted by Crippen LogP contribution is -2.20. The first-order valence-corrected chi connectivity index (χ1v) is 7.36. The fourth-order valence-electron chi connectivity index (χ4n) is 1.90. The summed E-state index contributed by atoms with van der Waals surface area (Å²) in [5.41, 5.74) is 0.135. The van der Waals surface area contributed by atoms with E-state index in [4.69, 9.17) is 4.74 Å². The standard InChI is InChI=1S/C13H18N2O3S/c1-3-18-12(17)10-11(8(2)16)19-13(15-10)14-7-9-5-4-6-9/h9H,3-7H2,1-2H3,(H,14,15). The number of nitrogens with one attached hydrogen (secondary N) is 1. The Kier molecular flexibility index (Phi) is 4.52. The second-order valence-electron chi connectivity index (χ2n) is 4.65. The number of hydrogen-bond acceptors (Lipinski definition) is 6. The molecule has 1 heterocycles. The highest BCUT2D eigenvalue weighted by Gasteiger charge is 2.23. The van der Waals surface area contributed by atoms with Crippen LogP contribution in [0.15, 0.2) is 0 Å². The first-order valence-electron chi connectivity index (χ1n) is 6.54. The molecular weight excluding hydrogens is 264 g/mol. The number of ether oxygens (including phenoxy) is 1. The van der Waals surface area contributed by atoms with Crippen LogP contribution in [0.25, 0.3) is 0 Å². The van der Waals surface area contributed by atoms with E-state index in [1.54, 1.807) is 6.92 Å². The van der Waals surface area contributed by atoms with Crippen LogP contribution in [-0.2, 0) is 4.74 Å². The van der Waals surface area contributed by atoms with Crippen LogP contribution in [0.2, 0.25) is 0 Å². The zero-order valence-corrected chi connectivity index (χ0v) is 12.0. The molecule has 6 heteroatoms. The van der Waals surface area contributed by atoms with Gasteiger partial charge in [0.1, 0.15) is 4.88 Å². The van der Waals surface area contributed by atoms with E-state index in [0.29, 0.717) is 15.9 Å². The first-order chi connectivity index (χ1) is 9.11. The third kappa shape index (κ3) is 3.32. The van der Waals surface area contributed by atoms with E-state index in [9.17, 15) is 9.59 Å². The van der Waals surface area contributed by atoms with Gasteiger partial charge in [-0.1, -0.05) is 17.8 Å². The number of Topliss-reactive ketones (excluding diaryl/α,β-unsaturated/α-hetero) is 1. The van der Waals surface area contributed by atoms with Crippen molar-refractivity contribution in [3.8, 4) is 0 Å². The number of esters is 1. The lowest BCUT2D eigenvalue weighted by molar-refractivity contribution is 0.0517. The van der Waals surface area contributed by atoms with Gasteiger partial charge in [-0.05, 0) is 25.7 Å². The number of thiazole rings is 1. The van der Waals surface area contributed by atoms with Gasteiger partial charge in [-0.25, -0.2) is 9.78 Å². The van der Waals surface area contributed by atoms with Gasteiger partial charge in [0.2, 0.25) is 0 Å². The van der Waals surface area contributed by atoms with Crippen LogP contribution in [-0.4, -0.2) is 29.9 Å². The second kappa shape index (κ2) is 6.14. The van der Waals surface area contributed by atoms with Gasteiger partial charge in [0.05, 0.1) is 6.61 Å². The first kappa shape index (κ1) is 14.0. The molecule has 1 N–H and O–H groups in total. The second-order valence-corrected chi connectivity index (χ2v) is 5.65. The summed E-state index contributed by atoms with van der Waals surface area (Å²) in [5.74, 6) is 0.00797. The molecule has 5 nitrogen and oxygen atoms in total. The number of rotatable bonds is 6. The van der Waals surface area contributed by atoms with Gasteiger partial charge in [-0.15, -0.1) is 0 Å². The molecule has 0 bridgehead atoms. The zero-order valence-electron chi connectivity index (χ0n) is 11.2. The van der Waals surface area contributed by atoms with Gasteiger partial charge in [0.15, 0.2) is 16.6 Å². The van der Waals surface area contributed by atoms with Crippen molar-refractivity contribution in [1.29, 1.82) is 0 Å². The van der Waals surface area contributed by atoms with Crippen molar-refractivity contribution < 1.29 is 14.3 Å². The van der Waals surface area contributed by atoms with E-state index >= 15 is 0 Å². The largest absolute Gasteiger partial charge is 0.461 e. The Morgan fingerprint density at radius 2 is 2.21 bits per heavy atom. The van der Waals surface area contributed by atoms with Crippen LogP contribution in [0.4, 0.5) is 5.13 Å². The van der Waals surface area contributed by atoms with Gasteiger partial charge in [0.25, 0.3) is 0 Å². The van der Waals surface area contributed by atoms with Crippen LogP contribution >= 0.6 is 11.3 Å². The van der Waals surface area contributed by atoms with Crippen molar-refractivity contribution in [3.05, 3.63) is 10.6 Å². The molecule has 0 saturated heterocycles. The topological polar surface area (TPSA) is 68.3 Å². The smallest absolute Gasteiger partial charge is 0.358 e. The lowest BCUT2D eigenvalue weighted by atomic mass is 9.86. The lowest BCUT2D eigenvalue weighted by Gasteiger charge is -2.25. The predicted molar refractivity (Wildman–Crippen MR) is 73.9 cm³/mol. The van der Waals surface area contributed by atoms with Gasteiger partial charge in [0, 0.05) is 13.5 Å². The van der Waals surface area contributed by atoms with E-state index < -0.39 is 5.97 Å². The molecule has 1 fully saturated rings. The van der Waals surface area contributed by atoms with E-state index in [2.05, 4.69) is 10.3 Å². The summed E-state index contributed by atoms with van der Waals surface area (Å²) in [6.07, 6.45) is 3.77. The Bertz CT molecular complexity index is 480. The number of ketones is 1. The van der Waals surface area contributed by atoms with Crippen LogP contribution in [0.1, 0.15) is 53.3 Å². The summed E-state index contributed by atoms with van der Waals surface area (Å²) in [6.45, 7) is 4.30. The van der Waals surface area contributed by atoms with Gasteiger partial charge >= 0.3 is 5.97 Å². The normalized spacial score (nSPS) is 14.8. The zero-order chi connectivity index (χ0) is 13.8. The van der Waals surface area contributed by atoms with E-state index in [1.165, 1.54) is 37.5 Å². The summed E-state index contributed by atoms with van der Waals surface area (Å²) >= 11 is 1.23. The average Bonchev–Trinajstić information content (AvgIpc) is 2.71. The van der Waals surface area contributed by atoms with Gasteiger partial charge in [-0.2, -0.15) is 0 Å². The molecule has 1 aliphatic carbocycles. The summed E-state index contributed by atoms with van der Waals surface area (Å²) < 4.78 is 4.92. The third-order valence-electron chi connectivity index (χ3n) is 3.18. The van der Waals surface area contributed by atoms with E-state index in [-0.39, 0.29) is 18.1 Å². The molecule has 0 amide bonds. The van der Waals surface area contributed by atoms with Gasteiger partial charge in [-0.3, -0.25) is 4.79 Å². The number of hydrogen-bond donors (Lipinski definition) is 1. The van der Waals surface area contributed by atoms with Crippen molar-refractivity contribution in [3.63, 3.8) is 0 Å². The van der Waals surface area contributed by atoms with Crippen LogP contribution in [0.5, 0.6) is 0 Å². The highest BCUT2D eigenvalue weighted by atomic mass is 32.1. The molecule has 19 heavy (non-hydrogen) atoms. The Hall–Kier alpha value is -1.43. The summed E-state index contributed by atoms with van der Waals surface area (Å²) in [6, 6.07) is 0. The molecule has 1 aliphatic rings. The van der Waals surface area contributed by atoms with Crippen molar-refractivity contribution >= 4 is 28.2 Å². The highest BCUT2D eigenvalue weighted by molar-refractivity contribution is 7.17. The molecule has 0 spiro atoms. The van der Waals surface area contributed by atoms with Crippen molar-refractivity contribution in [1.82, 2.24) is 4.98 Å². The molecule has 1 saturated carbocycles. The van der Waals surface area contributed by atoms with E-state index in [0.717, 1.165) is 6.54 Å². The average molecular weight is 282 g/mol. The maximum atomic E-state index is 11.7. The molecule has 0 atom stereocenters. The summed E-state index contributed by atoms with van der Waals surface area (Å²) in [4.78, 5) is 27.8. The fourth-order valence-corrected chi connectivity index (χ4v) is 2.76. The van der Waals surface area contributed by atoms with Crippen LogP contribution in [0.3, 0.4) is 0 Å². The maximum absolute atomic E-state index is 11.7. The highest BCUT2D eigenvalue weighted by Crippen LogP contribution is 2.29. The molecular formula is C13H18N2O3S. The molecule has 0 radical (unpaired) electrons. The number of anilines is 1. The molecule has 104 valence electrons. The molecule has 0 aromatic carbocycles. The quantitative estimate of drug-likeness (QED) is 0.642. The summed E-state index contributed by atoms with van der Waals surface area (Å²) in [7, 11) is 0. The molecule has 1 aromatic rings. The number of carbonyl (C=O) groups is 2. The van der Waals surface area contributed by atoms with Crippen molar-refractivity contribution in [2.75, 3.05) is 18.5 Å². The van der Waals surface area contributed by atoms with Crippen molar-refractivity contribution in [2.24, 2.45) is 5.92 Å². The molecule has 0 unspecified atom stereocenters. The number of carbonyl (C=O) groups excluding carboxylic acids is 2. The summed E-state index contributed by atoms with van der Waals surface area (Å²) in [5, 5.41) is 3.83. The minimum atomic E-state index is -0.527. The third-order valence-corrected chi connectivity index (χ3v) is 4.30. The molecule has 0 aliphatic heterocycles. The Morgan fingerprint density at radius 1 is 1.47 bits per heavy atom. The molecule has 2 rings (SSSR count). The van der Waals surface area contributed by atoms with Crippen LogP contribution in [0, 0.1) is 5.92 Å². The number of nitrogens with zero attached hydrogens (tertiary/aromatic N) is 1. The Labute approximate surface area is 116 Å². The minimum absolute atomic E-state index is 0.135. The monoisotopic (exact) mass is 282 g/mol. The maximum Gasteiger partial charge on any atom is 0.358 e. The Balaban J connectivity index is 2.09. The SMILES string of the molecule is CCOC(=O)c1nc(NCC2CCC2)sc1C(C)=O. The van der Waals surface area contributed by atoms with Crippen LogP contribution < -0.4 is 5.32 Å². The van der Waals surface area contributed by atoms with E-state index in [1.807, 2.05) is 0 Å². The fraction of sp³-hybridized carbons (Fsp3) is 0.615. The minimum Gasteiger partial charge on any atom is -0.461 e.